The molecule has 0 aliphatic rings. The zero-order chi connectivity index (χ0) is 20.8. The standard InChI is InChI=1S/C24H14BrN5S/c25-17-10-6-9-16(13-17)23-29-30-22(27-28-24(30)31-23)19-14-21(15-7-2-1-3-8-15)26-20-12-5-4-11-18(19)20/h1-14H. The minimum atomic E-state index is 0.711. The summed E-state index contributed by atoms with van der Waals surface area (Å²) >= 11 is 5.06. The van der Waals surface area contributed by atoms with E-state index < -0.39 is 0 Å². The molecule has 0 bridgehead atoms. The maximum absolute atomic E-state index is 4.88. The van der Waals surface area contributed by atoms with Crippen LogP contribution in [0.3, 0.4) is 0 Å². The lowest BCUT2D eigenvalue weighted by Crippen LogP contribution is -1.95. The Balaban J connectivity index is 1.58. The molecule has 0 radical (unpaired) electrons. The molecule has 0 spiro atoms. The third-order valence-corrected chi connectivity index (χ3v) is 6.53. The number of hydrogen-bond acceptors (Lipinski definition) is 5. The van der Waals surface area contributed by atoms with Gasteiger partial charge in [-0.3, -0.25) is 0 Å². The number of hydrogen-bond donors (Lipinski definition) is 0. The van der Waals surface area contributed by atoms with E-state index in [9.17, 15) is 0 Å². The molecule has 6 rings (SSSR count). The highest BCUT2D eigenvalue weighted by Crippen LogP contribution is 2.34. The van der Waals surface area contributed by atoms with E-state index in [2.05, 4.69) is 56.5 Å². The Morgan fingerprint density at radius 1 is 0.774 bits per heavy atom. The Labute approximate surface area is 190 Å². The summed E-state index contributed by atoms with van der Waals surface area (Å²) in [5.74, 6) is 0.711. The van der Waals surface area contributed by atoms with Crippen molar-refractivity contribution in [1.82, 2.24) is 24.8 Å². The average Bonchev–Trinajstić information content (AvgIpc) is 3.40. The molecule has 6 aromatic rings. The van der Waals surface area contributed by atoms with Gasteiger partial charge in [0.2, 0.25) is 4.96 Å². The Morgan fingerprint density at radius 3 is 2.45 bits per heavy atom. The molecule has 0 saturated carbocycles. The number of nitrogens with zero attached hydrogens (tertiary/aromatic N) is 5. The number of fused-ring (bicyclic) bond motifs is 2. The monoisotopic (exact) mass is 483 g/mol. The van der Waals surface area contributed by atoms with E-state index in [0.29, 0.717) is 5.82 Å². The molecule has 3 aromatic carbocycles. The summed E-state index contributed by atoms with van der Waals surface area (Å²) in [6.45, 7) is 0. The summed E-state index contributed by atoms with van der Waals surface area (Å²) in [7, 11) is 0. The molecule has 0 N–H and O–H groups in total. The summed E-state index contributed by atoms with van der Waals surface area (Å²) in [5, 5.41) is 15.7. The second-order valence-corrected chi connectivity index (χ2v) is 8.95. The minimum Gasteiger partial charge on any atom is -0.248 e. The van der Waals surface area contributed by atoms with Gasteiger partial charge in [-0.2, -0.15) is 9.61 Å². The van der Waals surface area contributed by atoms with Crippen LogP contribution in [0.15, 0.2) is 89.4 Å². The number of aromatic nitrogens is 5. The van der Waals surface area contributed by atoms with Crippen molar-refractivity contribution >= 4 is 43.1 Å². The Morgan fingerprint density at radius 2 is 1.58 bits per heavy atom. The maximum Gasteiger partial charge on any atom is 0.235 e. The van der Waals surface area contributed by atoms with E-state index in [1.807, 2.05) is 59.1 Å². The van der Waals surface area contributed by atoms with Crippen LogP contribution in [0.25, 0.3) is 49.1 Å². The maximum atomic E-state index is 4.88. The van der Waals surface area contributed by atoms with Gasteiger partial charge in [-0.1, -0.05) is 87.9 Å². The summed E-state index contributed by atoms with van der Waals surface area (Å²) in [6, 6.07) is 28.5. The van der Waals surface area contributed by atoms with E-state index in [-0.39, 0.29) is 0 Å². The second-order valence-electron chi connectivity index (χ2n) is 7.07. The van der Waals surface area contributed by atoms with Crippen molar-refractivity contribution in [2.45, 2.75) is 0 Å². The van der Waals surface area contributed by atoms with Gasteiger partial charge in [-0.15, -0.1) is 10.2 Å². The quantitative estimate of drug-likeness (QED) is 0.288. The first kappa shape index (κ1) is 18.4. The smallest absolute Gasteiger partial charge is 0.235 e. The highest BCUT2D eigenvalue weighted by atomic mass is 79.9. The predicted molar refractivity (Wildman–Crippen MR) is 128 cm³/mol. The Hall–Kier alpha value is -3.42. The van der Waals surface area contributed by atoms with Crippen LogP contribution in [-0.4, -0.2) is 24.8 Å². The zero-order valence-electron chi connectivity index (χ0n) is 16.1. The van der Waals surface area contributed by atoms with Crippen molar-refractivity contribution in [3.05, 3.63) is 89.4 Å². The molecule has 31 heavy (non-hydrogen) atoms. The molecular formula is C24H14BrN5S. The van der Waals surface area contributed by atoms with E-state index in [1.165, 1.54) is 11.3 Å². The van der Waals surface area contributed by atoms with Gasteiger partial charge in [-0.25, -0.2) is 4.98 Å². The van der Waals surface area contributed by atoms with Crippen LogP contribution < -0.4 is 0 Å². The van der Waals surface area contributed by atoms with Crippen LogP contribution in [0.1, 0.15) is 0 Å². The van der Waals surface area contributed by atoms with E-state index >= 15 is 0 Å². The van der Waals surface area contributed by atoms with Crippen LogP contribution in [0.2, 0.25) is 0 Å². The highest BCUT2D eigenvalue weighted by molar-refractivity contribution is 9.10. The third-order valence-electron chi connectivity index (χ3n) is 5.09. The van der Waals surface area contributed by atoms with Crippen LogP contribution in [0.5, 0.6) is 0 Å². The summed E-state index contributed by atoms with van der Waals surface area (Å²) in [5.41, 5.74) is 4.87. The van der Waals surface area contributed by atoms with E-state index in [1.54, 1.807) is 0 Å². The summed E-state index contributed by atoms with van der Waals surface area (Å²) in [4.78, 5) is 5.63. The van der Waals surface area contributed by atoms with Crippen LogP contribution in [0, 0.1) is 0 Å². The minimum absolute atomic E-state index is 0.711. The molecular weight excluding hydrogens is 470 g/mol. The SMILES string of the molecule is Brc1cccc(-c2nn3c(-c4cc(-c5ccccc5)nc5ccccc45)nnc3s2)c1. The molecule has 0 aliphatic heterocycles. The highest BCUT2D eigenvalue weighted by Gasteiger charge is 2.18. The van der Waals surface area contributed by atoms with Gasteiger partial charge >= 0.3 is 0 Å². The molecule has 148 valence electrons. The van der Waals surface area contributed by atoms with E-state index in [4.69, 9.17) is 10.1 Å². The summed E-state index contributed by atoms with van der Waals surface area (Å²) < 4.78 is 2.85. The van der Waals surface area contributed by atoms with Crippen LogP contribution >= 0.6 is 27.3 Å². The zero-order valence-corrected chi connectivity index (χ0v) is 18.5. The topological polar surface area (TPSA) is 56.0 Å². The van der Waals surface area contributed by atoms with E-state index in [0.717, 1.165) is 47.7 Å². The largest absolute Gasteiger partial charge is 0.248 e. The molecule has 0 fully saturated rings. The van der Waals surface area contributed by atoms with Gasteiger partial charge < -0.3 is 0 Å². The van der Waals surface area contributed by atoms with Crippen molar-refractivity contribution in [3.8, 4) is 33.2 Å². The lowest BCUT2D eigenvalue weighted by atomic mass is 10.0. The van der Waals surface area contributed by atoms with Gasteiger partial charge in [0.05, 0.1) is 11.2 Å². The van der Waals surface area contributed by atoms with Gasteiger partial charge in [0.1, 0.15) is 5.01 Å². The fraction of sp³-hybridized carbons (Fsp3) is 0. The molecule has 0 saturated heterocycles. The summed E-state index contributed by atoms with van der Waals surface area (Å²) in [6.07, 6.45) is 0. The van der Waals surface area contributed by atoms with Crippen molar-refractivity contribution in [2.24, 2.45) is 0 Å². The van der Waals surface area contributed by atoms with Gasteiger partial charge in [0.25, 0.3) is 0 Å². The van der Waals surface area contributed by atoms with Gasteiger partial charge in [0.15, 0.2) is 5.82 Å². The fourth-order valence-corrected chi connectivity index (χ4v) is 4.88. The average molecular weight is 484 g/mol. The number of halogens is 1. The lowest BCUT2D eigenvalue weighted by Gasteiger charge is -2.08. The molecule has 0 unspecified atom stereocenters. The van der Waals surface area contributed by atoms with Gasteiger partial charge in [-0.05, 0) is 24.3 Å². The fourth-order valence-electron chi connectivity index (χ4n) is 3.64. The van der Waals surface area contributed by atoms with Crippen molar-refractivity contribution in [2.75, 3.05) is 0 Å². The number of para-hydroxylation sites is 1. The van der Waals surface area contributed by atoms with Crippen LogP contribution in [-0.2, 0) is 0 Å². The predicted octanol–water partition coefficient (Wildman–Crippen LogP) is 6.50. The molecule has 0 amide bonds. The molecule has 7 heteroatoms. The molecule has 5 nitrogen and oxygen atoms in total. The third kappa shape index (κ3) is 3.22. The van der Waals surface area contributed by atoms with Gasteiger partial charge in [0, 0.05) is 26.5 Å². The number of pyridine rings is 1. The molecule has 3 heterocycles. The van der Waals surface area contributed by atoms with Crippen LogP contribution in [0.4, 0.5) is 0 Å². The second kappa shape index (κ2) is 7.37. The first-order valence-electron chi connectivity index (χ1n) is 9.70. The Kier molecular flexibility index (Phi) is 4.36. The number of rotatable bonds is 3. The molecule has 0 aliphatic carbocycles. The Bertz CT molecular complexity index is 1550. The normalized spacial score (nSPS) is 11.4. The van der Waals surface area contributed by atoms with Crippen molar-refractivity contribution < 1.29 is 0 Å². The molecule has 3 aromatic heterocycles. The van der Waals surface area contributed by atoms with Crippen molar-refractivity contribution in [1.29, 1.82) is 0 Å². The lowest BCUT2D eigenvalue weighted by molar-refractivity contribution is 0.972. The first-order chi connectivity index (χ1) is 15.3. The first-order valence-corrected chi connectivity index (χ1v) is 11.3. The number of benzene rings is 3. The molecule has 0 atom stereocenters. The van der Waals surface area contributed by atoms with Crippen molar-refractivity contribution in [3.63, 3.8) is 0 Å².